The van der Waals surface area contributed by atoms with Crippen LogP contribution in [0.25, 0.3) is 0 Å². The molecule has 100 valence electrons. The number of ether oxygens (including phenoxy) is 1. The Morgan fingerprint density at radius 2 is 1.95 bits per heavy atom. The second-order valence-corrected chi connectivity index (χ2v) is 5.46. The van der Waals surface area contributed by atoms with Crippen LogP contribution in [0, 0.1) is 0 Å². The molecule has 0 fully saturated rings. The lowest BCUT2D eigenvalue weighted by molar-refractivity contribution is 0.141. The third-order valence-electron chi connectivity index (χ3n) is 2.77. The van der Waals surface area contributed by atoms with Gasteiger partial charge < -0.3 is 4.74 Å². The molecule has 0 spiro atoms. The maximum atomic E-state index is 11.9. The monoisotopic (exact) mass is 258 g/mol. The molecule has 0 saturated carbocycles. The maximum absolute atomic E-state index is 11.9. The van der Waals surface area contributed by atoms with E-state index in [1.54, 1.807) is 6.20 Å². The maximum Gasteiger partial charge on any atom is 0.419 e. The summed E-state index contributed by atoms with van der Waals surface area (Å²) in [6, 6.07) is 9.59. The fraction of sp³-hybridized carbons (Fsp3) is 0.333. The third kappa shape index (κ3) is 3.44. The van der Waals surface area contributed by atoms with Crippen LogP contribution in [0.5, 0.6) is 0 Å². The zero-order chi connectivity index (χ0) is 13.9. The molecule has 1 aromatic carbocycles. The first-order valence-electron chi connectivity index (χ1n) is 6.22. The van der Waals surface area contributed by atoms with Crippen LogP contribution < -0.4 is 0 Å². The van der Waals surface area contributed by atoms with Gasteiger partial charge in [0, 0.05) is 11.6 Å². The molecule has 1 heterocycles. The van der Waals surface area contributed by atoms with Crippen molar-refractivity contribution in [2.75, 3.05) is 0 Å². The molecule has 0 aliphatic rings. The molecular weight excluding hydrogens is 240 g/mol. The SMILES string of the molecule is CC(C)(C)c1cn(C(=O)OCc2ccccc2)cn1. The molecular formula is C15H18N2O2. The molecule has 2 rings (SSSR count). The molecule has 0 aliphatic carbocycles. The molecule has 1 aromatic heterocycles. The number of carbonyl (C=O) groups excluding carboxylic acids is 1. The summed E-state index contributed by atoms with van der Waals surface area (Å²) in [7, 11) is 0. The van der Waals surface area contributed by atoms with Gasteiger partial charge in [-0.05, 0) is 5.56 Å². The van der Waals surface area contributed by atoms with Crippen LogP contribution in [0.4, 0.5) is 4.79 Å². The summed E-state index contributed by atoms with van der Waals surface area (Å²) in [6.45, 7) is 6.42. The Bertz CT molecular complexity index is 553. The number of aromatic nitrogens is 2. The van der Waals surface area contributed by atoms with Gasteiger partial charge in [0.1, 0.15) is 12.9 Å². The van der Waals surface area contributed by atoms with Crippen molar-refractivity contribution in [2.45, 2.75) is 32.8 Å². The molecule has 4 heteroatoms. The fourth-order valence-electron chi connectivity index (χ4n) is 1.60. The van der Waals surface area contributed by atoms with Crippen LogP contribution >= 0.6 is 0 Å². The molecule has 19 heavy (non-hydrogen) atoms. The predicted molar refractivity (Wildman–Crippen MR) is 73.0 cm³/mol. The standard InChI is InChI=1S/C15H18N2O2/c1-15(2,3)13-9-17(11-16-13)14(18)19-10-12-7-5-4-6-8-12/h4-9,11H,10H2,1-3H3. The minimum Gasteiger partial charge on any atom is -0.444 e. The van der Waals surface area contributed by atoms with Crippen LogP contribution in [0.2, 0.25) is 0 Å². The topological polar surface area (TPSA) is 44.1 Å². The van der Waals surface area contributed by atoms with Gasteiger partial charge in [0.15, 0.2) is 0 Å². The largest absolute Gasteiger partial charge is 0.444 e. The van der Waals surface area contributed by atoms with Gasteiger partial charge in [0.05, 0.1) is 5.69 Å². The summed E-state index contributed by atoms with van der Waals surface area (Å²) in [5, 5.41) is 0. The zero-order valence-corrected chi connectivity index (χ0v) is 11.5. The summed E-state index contributed by atoms with van der Waals surface area (Å²) in [6.07, 6.45) is 2.80. The molecule has 0 N–H and O–H groups in total. The highest BCUT2D eigenvalue weighted by molar-refractivity contribution is 5.70. The predicted octanol–water partition coefficient (Wildman–Crippen LogP) is 3.37. The number of imidazole rings is 1. The van der Waals surface area contributed by atoms with Crippen molar-refractivity contribution >= 4 is 6.09 Å². The van der Waals surface area contributed by atoms with Gasteiger partial charge in [-0.25, -0.2) is 14.3 Å². The van der Waals surface area contributed by atoms with E-state index in [-0.39, 0.29) is 12.0 Å². The first-order valence-corrected chi connectivity index (χ1v) is 6.22. The van der Waals surface area contributed by atoms with Gasteiger partial charge in [-0.1, -0.05) is 51.1 Å². The highest BCUT2D eigenvalue weighted by Crippen LogP contribution is 2.19. The second kappa shape index (κ2) is 5.26. The first-order chi connectivity index (χ1) is 8.97. The van der Waals surface area contributed by atoms with Crippen molar-refractivity contribution in [2.24, 2.45) is 0 Å². The average molecular weight is 258 g/mol. The lowest BCUT2D eigenvalue weighted by atomic mass is 9.93. The minimum atomic E-state index is -0.410. The number of carbonyl (C=O) groups is 1. The Kier molecular flexibility index (Phi) is 3.69. The van der Waals surface area contributed by atoms with Crippen LogP contribution in [-0.2, 0) is 16.8 Å². The normalized spacial score (nSPS) is 11.3. The Morgan fingerprint density at radius 3 is 2.53 bits per heavy atom. The molecule has 0 bridgehead atoms. The van der Waals surface area contributed by atoms with E-state index >= 15 is 0 Å². The summed E-state index contributed by atoms with van der Waals surface area (Å²) in [4.78, 5) is 16.1. The van der Waals surface area contributed by atoms with E-state index < -0.39 is 6.09 Å². The van der Waals surface area contributed by atoms with Gasteiger partial charge in [0.2, 0.25) is 0 Å². The zero-order valence-electron chi connectivity index (χ0n) is 11.5. The first kappa shape index (κ1) is 13.3. The summed E-state index contributed by atoms with van der Waals surface area (Å²) in [5.74, 6) is 0. The van der Waals surface area contributed by atoms with Gasteiger partial charge in [-0.3, -0.25) is 0 Å². The average Bonchev–Trinajstić information content (AvgIpc) is 2.87. The molecule has 4 nitrogen and oxygen atoms in total. The van der Waals surface area contributed by atoms with Gasteiger partial charge in [-0.2, -0.15) is 0 Å². The highest BCUT2D eigenvalue weighted by Gasteiger charge is 2.18. The molecule has 0 aliphatic heterocycles. The molecule has 0 atom stereocenters. The van der Waals surface area contributed by atoms with Crippen molar-refractivity contribution in [3.8, 4) is 0 Å². The van der Waals surface area contributed by atoms with Crippen molar-refractivity contribution in [1.29, 1.82) is 0 Å². The van der Waals surface area contributed by atoms with Crippen LogP contribution in [0.15, 0.2) is 42.9 Å². The van der Waals surface area contributed by atoms with Crippen molar-refractivity contribution < 1.29 is 9.53 Å². The number of hydrogen-bond donors (Lipinski definition) is 0. The minimum absolute atomic E-state index is 0.0784. The van der Waals surface area contributed by atoms with Crippen LogP contribution in [0.1, 0.15) is 32.0 Å². The number of benzene rings is 1. The van der Waals surface area contributed by atoms with Crippen molar-refractivity contribution in [1.82, 2.24) is 9.55 Å². The highest BCUT2D eigenvalue weighted by atomic mass is 16.5. The van der Waals surface area contributed by atoms with Gasteiger partial charge in [0.25, 0.3) is 0 Å². The third-order valence-corrected chi connectivity index (χ3v) is 2.77. The fourth-order valence-corrected chi connectivity index (χ4v) is 1.60. The summed E-state index contributed by atoms with van der Waals surface area (Å²) < 4.78 is 6.60. The van der Waals surface area contributed by atoms with Gasteiger partial charge >= 0.3 is 6.09 Å². The molecule has 0 saturated heterocycles. The lowest BCUT2D eigenvalue weighted by Crippen LogP contribution is -2.13. The van der Waals surface area contributed by atoms with E-state index in [1.165, 1.54) is 10.9 Å². The molecule has 2 aromatic rings. The van der Waals surface area contributed by atoms with E-state index in [1.807, 2.05) is 30.3 Å². The summed E-state index contributed by atoms with van der Waals surface area (Å²) in [5.41, 5.74) is 1.75. The van der Waals surface area contributed by atoms with Gasteiger partial charge in [-0.15, -0.1) is 0 Å². The van der Waals surface area contributed by atoms with E-state index in [2.05, 4.69) is 25.8 Å². The number of hydrogen-bond acceptors (Lipinski definition) is 3. The Hall–Kier alpha value is -2.10. The summed E-state index contributed by atoms with van der Waals surface area (Å²) >= 11 is 0. The smallest absolute Gasteiger partial charge is 0.419 e. The molecule has 0 radical (unpaired) electrons. The molecule has 0 amide bonds. The van der Waals surface area contributed by atoms with Crippen molar-refractivity contribution in [3.05, 3.63) is 54.1 Å². The van der Waals surface area contributed by atoms with E-state index in [9.17, 15) is 4.79 Å². The lowest BCUT2D eigenvalue weighted by Gasteiger charge is -2.13. The number of nitrogens with zero attached hydrogens (tertiary/aromatic N) is 2. The Labute approximate surface area is 113 Å². The van der Waals surface area contributed by atoms with Crippen LogP contribution in [-0.4, -0.2) is 15.6 Å². The van der Waals surface area contributed by atoms with E-state index in [4.69, 9.17) is 4.74 Å². The quantitative estimate of drug-likeness (QED) is 0.829. The van der Waals surface area contributed by atoms with E-state index in [0.717, 1.165) is 11.3 Å². The molecule has 0 unspecified atom stereocenters. The Balaban J connectivity index is 1.99. The Morgan fingerprint density at radius 1 is 1.26 bits per heavy atom. The van der Waals surface area contributed by atoms with Crippen molar-refractivity contribution in [3.63, 3.8) is 0 Å². The van der Waals surface area contributed by atoms with Crippen LogP contribution in [0.3, 0.4) is 0 Å². The number of rotatable bonds is 2. The van der Waals surface area contributed by atoms with E-state index in [0.29, 0.717) is 0 Å². The second-order valence-electron chi connectivity index (χ2n) is 5.46.